The molecule has 0 N–H and O–H groups in total. The van der Waals surface area contributed by atoms with Crippen LogP contribution < -0.4 is 5.43 Å². The molecule has 2 aromatic carbocycles. The average Bonchev–Trinajstić information content (AvgIpc) is 2.96. The molecule has 0 bridgehead atoms. The number of benzene rings is 2. The van der Waals surface area contributed by atoms with Crippen LogP contribution in [0.5, 0.6) is 0 Å². The first-order chi connectivity index (χ1) is 13.8. The Hall–Kier alpha value is -3.19. The lowest BCUT2D eigenvalue weighted by molar-refractivity contribution is -0.384. The van der Waals surface area contributed by atoms with Crippen LogP contribution in [0.25, 0.3) is 11.0 Å². The molecule has 4 rings (SSSR count). The first-order valence-electron chi connectivity index (χ1n) is 9.15. The summed E-state index contributed by atoms with van der Waals surface area (Å²) in [6.07, 6.45) is 0.657. The van der Waals surface area contributed by atoms with Crippen LogP contribution in [-0.4, -0.2) is 22.3 Å². The van der Waals surface area contributed by atoms with Gasteiger partial charge in [0.15, 0.2) is 5.43 Å². The molecular formula is C21H17ClN2O5. The molecule has 0 aliphatic carbocycles. The lowest BCUT2D eigenvalue weighted by Crippen LogP contribution is -2.30. The molecule has 7 nitrogen and oxygen atoms in total. The third kappa shape index (κ3) is 2.98. The second kappa shape index (κ2) is 7.00. The topological polar surface area (TPSA) is 93.7 Å². The maximum atomic E-state index is 13.4. The number of fused-ring (bicyclic) bond motifs is 2. The SMILES string of the molecule is CCCN1C(=O)c2oc3cc(C)c(Cl)cc3c(=O)c2C1c1cccc([N+](=O)[O-])c1. The van der Waals surface area contributed by atoms with Crippen molar-refractivity contribution in [3.63, 3.8) is 0 Å². The van der Waals surface area contributed by atoms with Gasteiger partial charge in [-0.05, 0) is 36.6 Å². The normalized spacial score (nSPS) is 15.8. The molecule has 3 aromatic rings. The number of carbonyl (C=O) groups excluding carboxylic acids is 1. The van der Waals surface area contributed by atoms with E-state index >= 15 is 0 Å². The molecule has 0 saturated carbocycles. The summed E-state index contributed by atoms with van der Waals surface area (Å²) in [6.45, 7) is 4.08. The molecule has 0 spiro atoms. The van der Waals surface area contributed by atoms with E-state index in [9.17, 15) is 19.7 Å². The molecule has 1 unspecified atom stereocenters. The van der Waals surface area contributed by atoms with Gasteiger partial charge in [0, 0.05) is 23.7 Å². The predicted octanol–water partition coefficient (Wildman–Crippen LogP) is 4.62. The molecule has 0 radical (unpaired) electrons. The van der Waals surface area contributed by atoms with Crippen LogP contribution in [0, 0.1) is 17.0 Å². The molecule has 0 saturated heterocycles. The van der Waals surface area contributed by atoms with Crippen LogP contribution >= 0.6 is 11.6 Å². The Morgan fingerprint density at radius 2 is 2.00 bits per heavy atom. The number of non-ortho nitro benzene ring substituents is 1. The van der Waals surface area contributed by atoms with E-state index in [0.29, 0.717) is 29.1 Å². The molecule has 1 atom stereocenters. The maximum absolute atomic E-state index is 13.4. The van der Waals surface area contributed by atoms with E-state index in [2.05, 4.69) is 0 Å². The summed E-state index contributed by atoms with van der Waals surface area (Å²) in [5.74, 6) is -0.417. The third-order valence-corrected chi connectivity index (χ3v) is 5.52. The van der Waals surface area contributed by atoms with Gasteiger partial charge in [0.1, 0.15) is 5.58 Å². The quantitative estimate of drug-likeness (QED) is 0.460. The summed E-state index contributed by atoms with van der Waals surface area (Å²) in [5.41, 5.74) is 1.24. The minimum Gasteiger partial charge on any atom is -0.450 e. The van der Waals surface area contributed by atoms with Crippen molar-refractivity contribution < 1.29 is 14.1 Å². The Kier molecular flexibility index (Phi) is 4.62. The van der Waals surface area contributed by atoms with Gasteiger partial charge in [-0.2, -0.15) is 0 Å². The van der Waals surface area contributed by atoms with Gasteiger partial charge in [-0.3, -0.25) is 19.7 Å². The summed E-state index contributed by atoms with van der Waals surface area (Å²) in [7, 11) is 0. The van der Waals surface area contributed by atoms with E-state index in [0.717, 1.165) is 5.56 Å². The average molecular weight is 413 g/mol. The van der Waals surface area contributed by atoms with Gasteiger partial charge >= 0.3 is 0 Å². The van der Waals surface area contributed by atoms with E-state index in [1.165, 1.54) is 23.1 Å². The lowest BCUT2D eigenvalue weighted by atomic mass is 9.98. The van der Waals surface area contributed by atoms with Crippen LogP contribution in [0.3, 0.4) is 0 Å². The number of aryl methyl sites for hydroxylation is 1. The zero-order valence-electron chi connectivity index (χ0n) is 15.8. The number of nitrogens with zero attached hydrogens (tertiary/aromatic N) is 2. The standard InChI is InChI=1S/C21H17ClN2O5/c1-3-7-23-18(12-5-4-6-13(9-12)24(27)28)17-19(25)14-10-15(22)11(2)8-16(14)29-20(17)21(23)26/h4-6,8-10,18H,3,7H2,1-2H3. The fourth-order valence-corrected chi connectivity index (χ4v) is 3.93. The number of nitro groups is 1. The van der Waals surface area contributed by atoms with Gasteiger partial charge in [0.25, 0.3) is 11.6 Å². The molecule has 148 valence electrons. The molecule has 0 fully saturated rings. The second-order valence-electron chi connectivity index (χ2n) is 7.02. The monoisotopic (exact) mass is 412 g/mol. The van der Waals surface area contributed by atoms with Gasteiger partial charge in [0.05, 0.1) is 21.9 Å². The van der Waals surface area contributed by atoms with Gasteiger partial charge in [-0.25, -0.2) is 0 Å². The van der Waals surface area contributed by atoms with Crippen LogP contribution in [0.15, 0.2) is 45.6 Å². The highest BCUT2D eigenvalue weighted by Crippen LogP contribution is 2.39. The second-order valence-corrected chi connectivity index (χ2v) is 7.43. The minimum atomic E-state index is -0.752. The molecule has 29 heavy (non-hydrogen) atoms. The Bertz CT molecular complexity index is 1230. The largest absolute Gasteiger partial charge is 0.450 e. The van der Waals surface area contributed by atoms with Crippen molar-refractivity contribution >= 4 is 34.2 Å². The molecule has 8 heteroatoms. The van der Waals surface area contributed by atoms with Gasteiger partial charge in [-0.1, -0.05) is 30.7 Å². The predicted molar refractivity (Wildman–Crippen MR) is 108 cm³/mol. The molecule has 2 heterocycles. The number of nitro benzene ring substituents is 1. The van der Waals surface area contributed by atoms with Crippen molar-refractivity contribution in [2.45, 2.75) is 26.3 Å². The number of amides is 1. The lowest BCUT2D eigenvalue weighted by Gasteiger charge is -2.24. The van der Waals surface area contributed by atoms with Crippen molar-refractivity contribution in [1.82, 2.24) is 4.90 Å². The van der Waals surface area contributed by atoms with E-state index < -0.39 is 16.9 Å². The van der Waals surface area contributed by atoms with Crippen LogP contribution in [0.2, 0.25) is 5.02 Å². The van der Waals surface area contributed by atoms with Crippen molar-refractivity contribution in [1.29, 1.82) is 0 Å². The number of halogens is 1. The smallest absolute Gasteiger partial charge is 0.290 e. The number of hydrogen-bond donors (Lipinski definition) is 0. The highest BCUT2D eigenvalue weighted by atomic mass is 35.5. The summed E-state index contributed by atoms with van der Waals surface area (Å²) in [4.78, 5) is 38.7. The number of hydrogen-bond acceptors (Lipinski definition) is 5. The zero-order chi connectivity index (χ0) is 20.9. The molecule has 1 aliphatic rings. The number of carbonyl (C=O) groups is 1. The van der Waals surface area contributed by atoms with E-state index in [1.807, 2.05) is 6.92 Å². The van der Waals surface area contributed by atoms with Crippen LogP contribution in [-0.2, 0) is 0 Å². The Morgan fingerprint density at radius 1 is 1.24 bits per heavy atom. The Balaban J connectivity index is 2.02. The zero-order valence-corrected chi connectivity index (χ0v) is 16.5. The number of rotatable bonds is 4. The van der Waals surface area contributed by atoms with E-state index in [4.69, 9.17) is 16.0 Å². The molecule has 1 aliphatic heterocycles. The summed E-state index contributed by atoms with van der Waals surface area (Å²) < 4.78 is 5.86. The summed E-state index contributed by atoms with van der Waals surface area (Å²) >= 11 is 6.19. The maximum Gasteiger partial charge on any atom is 0.290 e. The Labute approximate surface area is 170 Å². The van der Waals surface area contributed by atoms with Crippen LogP contribution in [0.1, 0.15) is 46.6 Å². The van der Waals surface area contributed by atoms with Gasteiger partial charge < -0.3 is 9.32 Å². The van der Waals surface area contributed by atoms with Crippen molar-refractivity contribution in [3.8, 4) is 0 Å². The first-order valence-corrected chi connectivity index (χ1v) is 9.53. The van der Waals surface area contributed by atoms with E-state index in [-0.39, 0.29) is 27.8 Å². The van der Waals surface area contributed by atoms with Crippen molar-refractivity contribution in [2.75, 3.05) is 6.54 Å². The first kappa shape index (κ1) is 19.1. The van der Waals surface area contributed by atoms with Crippen LogP contribution in [0.4, 0.5) is 5.69 Å². The molecular weight excluding hydrogens is 396 g/mol. The summed E-state index contributed by atoms with van der Waals surface area (Å²) in [6, 6.07) is 8.40. The highest BCUT2D eigenvalue weighted by molar-refractivity contribution is 6.32. The van der Waals surface area contributed by atoms with Gasteiger partial charge in [0.2, 0.25) is 5.76 Å². The fraction of sp³-hybridized carbons (Fsp3) is 0.238. The minimum absolute atomic E-state index is 0.0193. The van der Waals surface area contributed by atoms with Crippen molar-refractivity contribution in [2.24, 2.45) is 0 Å². The van der Waals surface area contributed by atoms with Crippen molar-refractivity contribution in [3.05, 3.63) is 84.2 Å². The fourth-order valence-electron chi connectivity index (χ4n) is 3.77. The molecule has 1 aromatic heterocycles. The highest BCUT2D eigenvalue weighted by Gasteiger charge is 2.42. The van der Waals surface area contributed by atoms with Gasteiger partial charge in [-0.15, -0.1) is 0 Å². The van der Waals surface area contributed by atoms with E-state index in [1.54, 1.807) is 25.1 Å². The Morgan fingerprint density at radius 3 is 2.69 bits per heavy atom. The molecule has 1 amide bonds. The third-order valence-electron chi connectivity index (χ3n) is 5.11. The summed E-state index contributed by atoms with van der Waals surface area (Å²) in [5, 5.41) is 11.9.